The molecule has 0 saturated carbocycles. The normalized spacial score (nSPS) is 15.5. The third kappa shape index (κ3) is 3.20. The third-order valence-electron chi connectivity index (χ3n) is 3.97. The standard InChI is InChI=1S/C15H21N5OS/c1-16-5-2-3-13(21)19-6-8-20(9-7-19)15-14-12(4-10-22-14)17-11-18-15/h4,10-11,16H,2-3,5-9H2,1H3. The van der Waals surface area contributed by atoms with Crippen LogP contribution in [0.3, 0.4) is 0 Å². The lowest BCUT2D eigenvalue weighted by Crippen LogP contribution is -2.49. The van der Waals surface area contributed by atoms with E-state index in [-0.39, 0.29) is 5.91 Å². The van der Waals surface area contributed by atoms with Gasteiger partial charge in [0.1, 0.15) is 12.1 Å². The van der Waals surface area contributed by atoms with Gasteiger partial charge in [-0.15, -0.1) is 11.3 Å². The molecular formula is C15H21N5OS. The van der Waals surface area contributed by atoms with Crippen molar-refractivity contribution in [2.75, 3.05) is 44.7 Å². The molecule has 1 fully saturated rings. The number of piperazine rings is 1. The van der Waals surface area contributed by atoms with Crippen molar-refractivity contribution in [3.8, 4) is 0 Å². The lowest BCUT2D eigenvalue weighted by molar-refractivity contribution is -0.131. The number of nitrogens with one attached hydrogen (secondary N) is 1. The first-order chi connectivity index (χ1) is 10.8. The zero-order valence-corrected chi connectivity index (χ0v) is 13.6. The van der Waals surface area contributed by atoms with E-state index in [4.69, 9.17) is 0 Å². The number of fused-ring (bicyclic) bond motifs is 1. The van der Waals surface area contributed by atoms with E-state index in [1.165, 1.54) is 0 Å². The van der Waals surface area contributed by atoms with Crippen LogP contribution < -0.4 is 10.2 Å². The van der Waals surface area contributed by atoms with Crippen LogP contribution in [0.4, 0.5) is 5.82 Å². The van der Waals surface area contributed by atoms with Gasteiger partial charge in [0.05, 0.1) is 10.2 Å². The minimum Gasteiger partial charge on any atom is -0.352 e. The maximum atomic E-state index is 12.1. The Morgan fingerprint density at radius 3 is 2.91 bits per heavy atom. The lowest BCUT2D eigenvalue weighted by atomic mass is 10.2. The fourth-order valence-corrected chi connectivity index (χ4v) is 3.61. The van der Waals surface area contributed by atoms with Gasteiger partial charge in [0, 0.05) is 32.6 Å². The average molecular weight is 319 g/mol. The Morgan fingerprint density at radius 2 is 2.14 bits per heavy atom. The van der Waals surface area contributed by atoms with E-state index in [9.17, 15) is 4.79 Å². The fourth-order valence-electron chi connectivity index (χ4n) is 2.74. The van der Waals surface area contributed by atoms with Crippen LogP contribution in [0.2, 0.25) is 0 Å². The average Bonchev–Trinajstić information content (AvgIpc) is 3.04. The number of amides is 1. The Bertz CT molecular complexity index is 636. The van der Waals surface area contributed by atoms with Crippen LogP contribution in [0.1, 0.15) is 12.8 Å². The monoisotopic (exact) mass is 319 g/mol. The third-order valence-corrected chi connectivity index (χ3v) is 4.87. The van der Waals surface area contributed by atoms with Gasteiger partial charge in [-0.2, -0.15) is 0 Å². The molecule has 0 radical (unpaired) electrons. The van der Waals surface area contributed by atoms with Gasteiger partial charge in [0.15, 0.2) is 0 Å². The molecule has 3 heterocycles. The molecule has 1 aliphatic rings. The zero-order chi connectivity index (χ0) is 15.4. The Labute approximate surface area is 134 Å². The molecule has 2 aromatic rings. The molecule has 6 nitrogen and oxygen atoms in total. The molecule has 1 amide bonds. The second-order valence-corrected chi connectivity index (χ2v) is 6.32. The number of hydrogen-bond acceptors (Lipinski definition) is 6. The first-order valence-corrected chi connectivity index (χ1v) is 8.53. The summed E-state index contributed by atoms with van der Waals surface area (Å²) >= 11 is 1.67. The van der Waals surface area contributed by atoms with E-state index in [0.29, 0.717) is 6.42 Å². The van der Waals surface area contributed by atoms with Crippen molar-refractivity contribution < 1.29 is 4.79 Å². The van der Waals surface area contributed by atoms with Crippen LogP contribution >= 0.6 is 11.3 Å². The predicted molar refractivity (Wildman–Crippen MR) is 89.4 cm³/mol. The molecule has 0 aliphatic carbocycles. The van der Waals surface area contributed by atoms with E-state index < -0.39 is 0 Å². The van der Waals surface area contributed by atoms with Gasteiger partial charge in [0.25, 0.3) is 0 Å². The second kappa shape index (κ2) is 7.02. The summed E-state index contributed by atoms with van der Waals surface area (Å²) in [6.45, 7) is 4.11. The topological polar surface area (TPSA) is 61.4 Å². The highest BCUT2D eigenvalue weighted by Crippen LogP contribution is 2.28. The van der Waals surface area contributed by atoms with Crippen molar-refractivity contribution in [1.29, 1.82) is 0 Å². The van der Waals surface area contributed by atoms with Gasteiger partial charge < -0.3 is 15.1 Å². The SMILES string of the molecule is CNCCCC(=O)N1CCN(c2ncnc3ccsc23)CC1. The molecule has 22 heavy (non-hydrogen) atoms. The van der Waals surface area contributed by atoms with Gasteiger partial charge in [-0.05, 0) is 31.5 Å². The minimum atomic E-state index is 0.263. The summed E-state index contributed by atoms with van der Waals surface area (Å²) in [4.78, 5) is 25.1. The maximum absolute atomic E-state index is 12.1. The molecular weight excluding hydrogens is 298 g/mol. The molecule has 7 heteroatoms. The van der Waals surface area contributed by atoms with Crippen LogP contribution in [-0.2, 0) is 4.79 Å². The van der Waals surface area contributed by atoms with Crippen molar-refractivity contribution in [2.24, 2.45) is 0 Å². The van der Waals surface area contributed by atoms with Crippen molar-refractivity contribution >= 4 is 33.3 Å². The van der Waals surface area contributed by atoms with E-state index in [0.717, 1.165) is 55.2 Å². The predicted octanol–water partition coefficient (Wildman–Crippen LogP) is 1.34. The van der Waals surface area contributed by atoms with Gasteiger partial charge in [-0.3, -0.25) is 4.79 Å². The Kier molecular flexibility index (Phi) is 4.84. The van der Waals surface area contributed by atoms with Gasteiger partial charge >= 0.3 is 0 Å². The summed E-state index contributed by atoms with van der Waals surface area (Å²) in [6, 6.07) is 2.02. The van der Waals surface area contributed by atoms with Gasteiger partial charge in [-0.25, -0.2) is 9.97 Å². The molecule has 0 atom stereocenters. The number of carbonyl (C=O) groups excluding carboxylic acids is 1. The molecule has 0 spiro atoms. The lowest BCUT2D eigenvalue weighted by Gasteiger charge is -2.35. The molecule has 2 aromatic heterocycles. The molecule has 1 saturated heterocycles. The Balaban J connectivity index is 1.60. The first-order valence-electron chi connectivity index (χ1n) is 7.65. The number of hydrogen-bond donors (Lipinski definition) is 1. The molecule has 0 bridgehead atoms. The summed E-state index contributed by atoms with van der Waals surface area (Å²) in [5.74, 6) is 1.26. The highest BCUT2D eigenvalue weighted by molar-refractivity contribution is 7.17. The number of thiophene rings is 1. The van der Waals surface area contributed by atoms with E-state index in [2.05, 4.69) is 20.2 Å². The van der Waals surface area contributed by atoms with Gasteiger partial charge in [0.2, 0.25) is 5.91 Å². The van der Waals surface area contributed by atoms with Crippen molar-refractivity contribution in [2.45, 2.75) is 12.8 Å². The number of anilines is 1. The van der Waals surface area contributed by atoms with Crippen molar-refractivity contribution in [3.63, 3.8) is 0 Å². The first kappa shape index (κ1) is 15.2. The number of rotatable bonds is 5. The number of aromatic nitrogens is 2. The van der Waals surface area contributed by atoms with Crippen LogP contribution in [0, 0.1) is 0 Å². The van der Waals surface area contributed by atoms with Crippen LogP contribution in [0.25, 0.3) is 10.2 Å². The number of nitrogens with zero attached hydrogens (tertiary/aromatic N) is 4. The van der Waals surface area contributed by atoms with Crippen LogP contribution in [0.5, 0.6) is 0 Å². The molecule has 118 valence electrons. The molecule has 0 unspecified atom stereocenters. The highest BCUT2D eigenvalue weighted by Gasteiger charge is 2.23. The fraction of sp³-hybridized carbons (Fsp3) is 0.533. The number of carbonyl (C=O) groups is 1. The van der Waals surface area contributed by atoms with Crippen molar-refractivity contribution in [1.82, 2.24) is 20.2 Å². The van der Waals surface area contributed by atoms with Gasteiger partial charge in [-0.1, -0.05) is 0 Å². The zero-order valence-electron chi connectivity index (χ0n) is 12.8. The maximum Gasteiger partial charge on any atom is 0.222 e. The summed E-state index contributed by atoms with van der Waals surface area (Å²) < 4.78 is 1.14. The second-order valence-electron chi connectivity index (χ2n) is 5.41. The van der Waals surface area contributed by atoms with E-state index >= 15 is 0 Å². The van der Waals surface area contributed by atoms with Crippen LogP contribution in [-0.4, -0.2) is 60.5 Å². The summed E-state index contributed by atoms with van der Waals surface area (Å²) in [5, 5.41) is 5.12. The Hall–Kier alpha value is -1.73. The summed E-state index contributed by atoms with van der Waals surface area (Å²) in [7, 11) is 1.91. The van der Waals surface area contributed by atoms with Crippen molar-refractivity contribution in [3.05, 3.63) is 17.8 Å². The molecule has 0 aromatic carbocycles. The summed E-state index contributed by atoms with van der Waals surface area (Å²) in [5.41, 5.74) is 1.00. The largest absolute Gasteiger partial charge is 0.352 e. The van der Waals surface area contributed by atoms with E-state index in [1.807, 2.05) is 23.4 Å². The molecule has 1 N–H and O–H groups in total. The van der Waals surface area contributed by atoms with E-state index in [1.54, 1.807) is 17.7 Å². The minimum absolute atomic E-state index is 0.263. The Morgan fingerprint density at radius 1 is 1.32 bits per heavy atom. The highest BCUT2D eigenvalue weighted by atomic mass is 32.1. The van der Waals surface area contributed by atoms with Crippen LogP contribution in [0.15, 0.2) is 17.8 Å². The smallest absolute Gasteiger partial charge is 0.222 e. The molecule has 1 aliphatic heterocycles. The summed E-state index contributed by atoms with van der Waals surface area (Å²) in [6.07, 6.45) is 3.15. The quantitative estimate of drug-likeness (QED) is 0.843. The molecule has 3 rings (SSSR count).